The van der Waals surface area contributed by atoms with Crippen LogP contribution in [-0.4, -0.2) is 36.0 Å². The van der Waals surface area contributed by atoms with Crippen molar-refractivity contribution in [3.8, 4) is 18.1 Å². The summed E-state index contributed by atoms with van der Waals surface area (Å²) in [6.45, 7) is 0.730. The van der Waals surface area contributed by atoms with Gasteiger partial charge in [-0.2, -0.15) is 5.43 Å². The van der Waals surface area contributed by atoms with Crippen molar-refractivity contribution in [1.82, 2.24) is 10.9 Å². The highest BCUT2D eigenvalue weighted by molar-refractivity contribution is 5.89. The molecule has 2 unspecified atom stereocenters. The summed E-state index contributed by atoms with van der Waals surface area (Å²) in [7, 11) is 0. The van der Waals surface area contributed by atoms with Crippen molar-refractivity contribution in [3.05, 3.63) is 29.8 Å². The summed E-state index contributed by atoms with van der Waals surface area (Å²) >= 11 is 0. The molecule has 4 N–H and O–H groups in total. The molecule has 0 spiro atoms. The highest BCUT2D eigenvalue weighted by atomic mass is 16.5. The van der Waals surface area contributed by atoms with Crippen LogP contribution in [-0.2, 0) is 0 Å². The second-order valence-electron chi connectivity index (χ2n) is 6.47. The van der Waals surface area contributed by atoms with E-state index in [4.69, 9.17) is 16.9 Å². The molecule has 0 bridgehead atoms. The van der Waals surface area contributed by atoms with Crippen molar-refractivity contribution in [2.24, 2.45) is 5.73 Å². The Kier molecular flexibility index (Phi) is 5.17. The number of benzene rings is 1. The van der Waals surface area contributed by atoms with Crippen LogP contribution in [0.15, 0.2) is 24.3 Å². The van der Waals surface area contributed by atoms with Gasteiger partial charge in [0.1, 0.15) is 12.4 Å². The number of ether oxygens (including phenoxy) is 1. The van der Waals surface area contributed by atoms with Crippen LogP contribution >= 0.6 is 0 Å². The van der Waals surface area contributed by atoms with Gasteiger partial charge in [-0.15, -0.1) is 6.42 Å². The molecule has 1 amide bonds. The van der Waals surface area contributed by atoms with E-state index in [2.05, 4.69) is 16.8 Å². The Hall–Kier alpha value is -1.91. The van der Waals surface area contributed by atoms with Gasteiger partial charge >= 0.3 is 5.91 Å². The highest BCUT2D eigenvalue weighted by Crippen LogP contribution is 2.32. The maximum atomic E-state index is 13.3. The Balaban J connectivity index is 1.85. The molecule has 24 heavy (non-hydrogen) atoms. The molecule has 6 nitrogen and oxygen atoms in total. The quantitative estimate of drug-likeness (QED) is 0.573. The number of hydrazine groups is 1. The molecule has 1 saturated carbocycles. The second-order valence-corrected chi connectivity index (χ2v) is 6.47. The molecule has 0 aromatic heterocycles. The predicted molar refractivity (Wildman–Crippen MR) is 91.3 cm³/mol. The molecular formula is C18H25N4O2+. The minimum atomic E-state index is -0.432. The average Bonchev–Trinajstić information content (AvgIpc) is 3.03. The largest absolute Gasteiger partial charge is 0.481 e. The fourth-order valence-electron chi connectivity index (χ4n) is 3.82. The first-order chi connectivity index (χ1) is 11.7. The molecule has 2 atom stereocenters. The Bertz CT molecular complexity index is 619. The normalized spacial score (nSPS) is 27.6. The zero-order valence-electron chi connectivity index (χ0n) is 13.8. The maximum Gasteiger partial charge on any atom is 0.349 e. The van der Waals surface area contributed by atoms with Crippen LogP contribution in [0.25, 0.3) is 0 Å². The van der Waals surface area contributed by atoms with E-state index in [9.17, 15) is 4.79 Å². The molecule has 0 radical (unpaired) electrons. The fraction of sp³-hybridized carbons (Fsp3) is 0.500. The van der Waals surface area contributed by atoms with Crippen LogP contribution in [0.3, 0.4) is 0 Å². The Morgan fingerprint density at radius 3 is 2.58 bits per heavy atom. The lowest BCUT2D eigenvalue weighted by Crippen LogP contribution is -2.67. The average molecular weight is 329 g/mol. The van der Waals surface area contributed by atoms with Crippen molar-refractivity contribution >= 4 is 5.91 Å². The van der Waals surface area contributed by atoms with E-state index in [1.165, 1.54) is 6.42 Å². The van der Waals surface area contributed by atoms with Gasteiger partial charge in [-0.05, 0) is 37.1 Å². The standard InChI is InChI=1S/C18H25N4O2/c1-2-12-24-16-10-8-14(9-11-16)17(23)22(13-20-21-18(22)19)15-6-4-3-5-7-15/h1,8-11,15,18,20-21H,3-7,12-13,19H2/q+1. The summed E-state index contributed by atoms with van der Waals surface area (Å²) in [5, 5.41) is 0. The molecule has 2 fully saturated rings. The zero-order chi connectivity index (χ0) is 17.0. The second kappa shape index (κ2) is 7.32. The Morgan fingerprint density at radius 1 is 1.29 bits per heavy atom. The first kappa shape index (κ1) is 16.9. The monoisotopic (exact) mass is 329 g/mol. The number of nitrogens with two attached hydrogens (primary N) is 1. The predicted octanol–water partition coefficient (Wildman–Crippen LogP) is 1.30. The Labute approximate surface area is 142 Å². The van der Waals surface area contributed by atoms with Crippen molar-refractivity contribution < 1.29 is 14.0 Å². The lowest BCUT2D eigenvalue weighted by atomic mass is 9.91. The molecule has 1 aliphatic heterocycles. The summed E-state index contributed by atoms with van der Waals surface area (Å²) in [5.41, 5.74) is 13.1. The van der Waals surface area contributed by atoms with Gasteiger partial charge in [0.15, 0.2) is 6.67 Å². The van der Waals surface area contributed by atoms with E-state index in [-0.39, 0.29) is 23.0 Å². The lowest BCUT2D eigenvalue weighted by Gasteiger charge is -2.42. The van der Waals surface area contributed by atoms with Gasteiger partial charge in [-0.25, -0.2) is 14.7 Å². The van der Waals surface area contributed by atoms with Gasteiger partial charge in [-0.3, -0.25) is 5.73 Å². The smallest absolute Gasteiger partial charge is 0.349 e. The third-order valence-electron chi connectivity index (χ3n) is 5.11. The third-order valence-corrected chi connectivity index (χ3v) is 5.11. The van der Waals surface area contributed by atoms with Crippen LogP contribution in [0.2, 0.25) is 0 Å². The van der Waals surface area contributed by atoms with E-state index >= 15 is 0 Å². The van der Waals surface area contributed by atoms with E-state index in [1.54, 1.807) is 24.3 Å². The number of quaternary nitrogens is 1. The van der Waals surface area contributed by atoms with Gasteiger partial charge in [-0.1, -0.05) is 12.3 Å². The van der Waals surface area contributed by atoms with E-state index in [0.29, 0.717) is 18.0 Å². The third kappa shape index (κ3) is 3.04. The molecule has 1 aliphatic carbocycles. The maximum absolute atomic E-state index is 13.3. The number of hydrogen-bond acceptors (Lipinski definition) is 5. The van der Waals surface area contributed by atoms with Crippen LogP contribution in [0.1, 0.15) is 42.5 Å². The van der Waals surface area contributed by atoms with Gasteiger partial charge < -0.3 is 4.74 Å². The number of nitrogens with zero attached hydrogens (tertiary/aromatic N) is 1. The first-order valence-corrected chi connectivity index (χ1v) is 8.51. The van der Waals surface area contributed by atoms with Crippen molar-refractivity contribution in [1.29, 1.82) is 0 Å². The molecule has 2 aliphatic rings. The highest BCUT2D eigenvalue weighted by Gasteiger charge is 2.52. The summed E-state index contributed by atoms with van der Waals surface area (Å²) in [4.78, 5) is 13.3. The van der Waals surface area contributed by atoms with Crippen molar-refractivity contribution in [2.45, 2.75) is 44.4 Å². The summed E-state index contributed by atoms with van der Waals surface area (Å²) in [6.07, 6.45) is 10.4. The number of rotatable bonds is 4. The molecule has 1 saturated heterocycles. The number of hydrogen-bond donors (Lipinski definition) is 3. The van der Waals surface area contributed by atoms with Gasteiger partial charge in [0, 0.05) is 12.8 Å². The number of amides is 1. The first-order valence-electron chi connectivity index (χ1n) is 8.51. The topological polar surface area (TPSA) is 76.4 Å². The van der Waals surface area contributed by atoms with Gasteiger partial charge in [0.25, 0.3) is 0 Å². The summed E-state index contributed by atoms with van der Waals surface area (Å²) in [6, 6.07) is 7.40. The fourth-order valence-corrected chi connectivity index (χ4v) is 3.82. The van der Waals surface area contributed by atoms with E-state index in [1.807, 2.05) is 0 Å². The molecule has 3 rings (SSSR count). The van der Waals surface area contributed by atoms with E-state index < -0.39 is 6.29 Å². The number of nitrogens with one attached hydrogen (secondary N) is 2. The molecule has 1 aromatic carbocycles. The number of terminal acetylenes is 1. The van der Waals surface area contributed by atoms with Crippen LogP contribution in [0, 0.1) is 12.3 Å². The SMILES string of the molecule is C#CCOc1ccc(C(=O)[N+]2(C3CCCCC3)CNNC2N)cc1. The van der Waals surface area contributed by atoms with Crippen LogP contribution < -0.4 is 21.3 Å². The molecule has 1 aromatic rings. The van der Waals surface area contributed by atoms with Crippen LogP contribution in [0.4, 0.5) is 0 Å². The lowest BCUT2D eigenvalue weighted by molar-refractivity contribution is -0.890. The van der Waals surface area contributed by atoms with Crippen molar-refractivity contribution in [3.63, 3.8) is 0 Å². The number of carbonyl (C=O) groups excluding carboxylic acids is 1. The van der Waals surface area contributed by atoms with Gasteiger partial charge in [0.2, 0.25) is 6.29 Å². The van der Waals surface area contributed by atoms with E-state index in [0.717, 1.165) is 25.7 Å². The summed E-state index contributed by atoms with van der Waals surface area (Å²) in [5.74, 6) is 3.14. The van der Waals surface area contributed by atoms with Gasteiger partial charge in [0.05, 0.1) is 11.6 Å². The minimum Gasteiger partial charge on any atom is -0.481 e. The Morgan fingerprint density at radius 2 is 2.00 bits per heavy atom. The number of carbonyl (C=O) groups is 1. The zero-order valence-corrected chi connectivity index (χ0v) is 13.8. The molecular weight excluding hydrogens is 304 g/mol. The van der Waals surface area contributed by atoms with Crippen LogP contribution in [0.5, 0.6) is 5.75 Å². The molecule has 128 valence electrons. The minimum absolute atomic E-state index is 0.0513. The molecule has 6 heteroatoms. The van der Waals surface area contributed by atoms with Crippen molar-refractivity contribution in [2.75, 3.05) is 13.3 Å². The molecule has 1 heterocycles. The summed E-state index contributed by atoms with van der Waals surface area (Å²) < 4.78 is 5.60.